The molecule has 21 heavy (non-hydrogen) atoms. The predicted molar refractivity (Wildman–Crippen MR) is 82.8 cm³/mol. The quantitative estimate of drug-likeness (QED) is 0.645. The average molecular weight is 292 g/mol. The van der Waals surface area contributed by atoms with Crippen molar-refractivity contribution in [2.24, 2.45) is 5.92 Å². The lowest BCUT2D eigenvalue weighted by Gasteiger charge is -2.32. The number of methoxy groups -OCH3 is 1. The lowest BCUT2D eigenvalue weighted by molar-refractivity contribution is -0.385. The van der Waals surface area contributed by atoms with Crippen molar-refractivity contribution >= 4 is 5.69 Å². The summed E-state index contributed by atoms with van der Waals surface area (Å²) in [5.74, 6) is 1.11. The zero-order valence-corrected chi connectivity index (χ0v) is 12.8. The number of hydrogen-bond acceptors (Lipinski definition) is 4. The van der Waals surface area contributed by atoms with Crippen molar-refractivity contribution in [3.63, 3.8) is 0 Å². The van der Waals surface area contributed by atoms with Crippen LogP contribution in [0.1, 0.15) is 38.2 Å². The van der Waals surface area contributed by atoms with E-state index in [9.17, 15) is 10.1 Å². The predicted octanol–water partition coefficient (Wildman–Crippen LogP) is 3.31. The number of nitro groups is 1. The van der Waals surface area contributed by atoms with Crippen LogP contribution in [-0.2, 0) is 6.42 Å². The van der Waals surface area contributed by atoms with Gasteiger partial charge in [-0.05, 0) is 43.4 Å². The van der Waals surface area contributed by atoms with Crippen LogP contribution in [0.4, 0.5) is 5.69 Å². The van der Waals surface area contributed by atoms with Gasteiger partial charge in [0.25, 0.3) is 5.69 Å². The summed E-state index contributed by atoms with van der Waals surface area (Å²) in [6, 6.07) is 5.60. The van der Waals surface area contributed by atoms with Gasteiger partial charge >= 0.3 is 0 Å². The molecule has 0 aromatic heterocycles. The minimum Gasteiger partial charge on any atom is -0.496 e. The Kier molecular flexibility index (Phi) is 5.56. The molecule has 0 saturated heterocycles. The molecule has 0 heterocycles. The van der Waals surface area contributed by atoms with Gasteiger partial charge in [0.15, 0.2) is 0 Å². The molecular weight excluding hydrogens is 268 g/mol. The van der Waals surface area contributed by atoms with Gasteiger partial charge in [0.1, 0.15) is 5.75 Å². The van der Waals surface area contributed by atoms with Crippen molar-refractivity contribution in [2.45, 2.75) is 45.1 Å². The van der Waals surface area contributed by atoms with Crippen LogP contribution in [-0.4, -0.2) is 24.6 Å². The minimum atomic E-state index is -0.353. The maximum absolute atomic E-state index is 11.0. The monoisotopic (exact) mass is 292 g/mol. The van der Waals surface area contributed by atoms with Gasteiger partial charge in [-0.25, -0.2) is 0 Å². The van der Waals surface area contributed by atoms with E-state index in [1.54, 1.807) is 13.2 Å². The van der Waals surface area contributed by atoms with Crippen LogP contribution < -0.4 is 10.1 Å². The van der Waals surface area contributed by atoms with Crippen LogP contribution in [0.5, 0.6) is 5.75 Å². The SMILES string of the molecule is CCNC1CCCCC1Cc1cc(OC)cc([N+](=O)[O-])c1. The Hall–Kier alpha value is -1.62. The van der Waals surface area contributed by atoms with Crippen molar-refractivity contribution in [3.05, 3.63) is 33.9 Å². The smallest absolute Gasteiger partial charge is 0.273 e. The molecule has 0 bridgehead atoms. The second kappa shape index (κ2) is 7.41. The Balaban J connectivity index is 2.16. The Morgan fingerprint density at radius 2 is 2.10 bits per heavy atom. The second-order valence-electron chi connectivity index (χ2n) is 5.71. The molecule has 1 N–H and O–H groups in total. The largest absolute Gasteiger partial charge is 0.496 e. The molecule has 5 nitrogen and oxygen atoms in total. The highest BCUT2D eigenvalue weighted by molar-refractivity contribution is 5.43. The van der Waals surface area contributed by atoms with Gasteiger partial charge in [0.2, 0.25) is 0 Å². The average Bonchev–Trinajstić information content (AvgIpc) is 2.49. The summed E-state index contributed by atoms with van der Waals surface area (Å²) in [4.78, 5) is 10.7. The number of nitrogens with one attached hydrogen (secondary N) is 1. The van der Waals surface area contributed by atoms with Gasteiger partial charge in [-0.15, -0.1) is 0 Å². The first-order valence-corrected chi connectivity index (χ1v) is 7.69. The summed E-state index contributed by atoms with van der Waals surface area (Å²) in [6.45, 7) is 3.10. The lowest BCUT2D eigenvalue weighted by atomic mass is 9.80. The molecule has 0 amide bonds. The van der Waals surface area contributed by atoms with E-state index in [0.29, 0.717) is 17.7 Å². The summed E-state index contributed by atoms with van der Waals surface area (Å²) >= 11 is 0. The molecule has 5 heteroatoms. The fourth-order valence-electron chi connectivity index (χ4n) is 3.27. The maximum atomic E-state index is 11.0. The summed E-state index contributed by atoms with van der Waals surface area (Å²) in [7, 11) is 1.55. The summed E-state index contributed by atoms with van der Waals surface area (Å²) in [5, 5.41) is 14.6. The fraction of sp³-hybridized carbons (Fsp3) is 0.625. The third-order valence-electron chi connectivity index (χ3n) is 4.27. The third-order valence-corrected chi connectivity index (χ3v) is 4.27. The zero-order valence-electron chi connectivity index (χ0n) is 12.8. The molecule has 2 atom stereocenters. The van der Waals surface area contributed by atoms with Gasteiger partial charge in [0.05, 0.1) is 18.1 Å². The van der Waals surface area contributed by atoms with Crippen molar-refractivity contribution in [1.29, 1.82) is 0 Å². The molecule has 116 valence electrons. The number of non-ortho nitro benzene ring substituents is 1. The summed E-state index contributed by atoms with van der Waals surface area (Å²) in [6.07, 6.45) is 5.77. The molecular formula is C16H24N2O3. The number of hydrogen-bond donors (Lipinski definition) is 1. The van der Waals surface area contributed by atoms with Crippen LogP contribution in [0.25, 0.3) is 0 Å². The highest BCUT2D eigenvalue weighted by atomic mass is 16.6. The van der Waals surface area contributed by atoms with Gasteiger partial charge in [0, 0.05) is 12.1 Å². The summed E-state index contributed by atoms with van der Waals surface area (Å²) < 4.78 is 5.19. The molecule has 2 rings (SSSR count). The van der Waals surface area contributed by atoms with E-state index in [0.717, 1.165) is 18.5 Å². The summed E-state index contributed by atoms with van der Waals surface area (Å²) in [5.41, 5.74) is 1.11. The topological polar surface area (TPSA) is 64.4 Å². The Bertz CT molecular complexity index is 488. The molecule has 1 saturated carbocycles. The highest BCUT2D eigenvalue weighted by Gasteiger charge is 2.25. The standard InChI is InChI=1S/C16H24N2O3/c1-3-17-16-7-5-4-6-13(16)8-12-9-14(18(19)20)11-15(10-12)21-2/h9-11,13,16-17H,3-8H2,1-2H3. The van der Waals surface area contributed by atoms with Gasteiger partial charge in [-0.3, -0.25) is 10.1 Å². The third kappa shape index (κ3) is 4.17. The van der Waals surface area contributed by atoms with Crippen molar-refractivity contribution in [1.82, 2.24) is 5.32 Å². The number of nitro benzene ring substituents is 1. The molecule has 0 spiro atoms. The number of nitrogens with zero attached hydrogens (tertiary/aromatic N) is 1. The molecule has 0 radical (unpaired) electrons. The Morgan fingerprint density at radius 3 is 2.76 bits per heavy atom. The van der Waals surface area contributed by atoms with Crippen LogP contribution in [0.2, 0.25) is 0 Å². The van der Waals surface area contributed by atoms with Crippen LogP contribution in [0.15, 0.2) is 18.2 Å². The van der Waals surface area contributed by atoms with E-state index in [2.05, 4.69) is 12.2 Å². The van der Waals surface area contributed by atoms with E-state index in [1.807, 2.05) is 6.07 Å². The van der Waals surface area contributed by atoms with Crippen LogP contribution >= 0.6 is 0 Å². The van der Waals surface area contributed by atoms with Crippen molar-refractivity contribution in [2.75, 3.05) is 13.7 Å². The first kappa shape index (κ1) is 15.8. The van der Waals surface area contributed by atoms with Gasteiger partial charge in [-0.1, -0.05) is 19.8 Å². The minimum absolute atomic E-state index is 0.111. The van der Waals surface area contributed by atoms with Gasteiger partial charge < -0.3 is 10.1 Å². The first-order valence-electron chi connectivity index (χ1n) is 7.69. The van der Waals surface area contributed by atoms with E-state index < -0.39 is 0 Å². The Labute approximate surface area is 125 Å². The van der Waals surface area contributed by atoms with E-state index in [-0.39, 0.29) is 10.6 Å². The van der Waals surface area contributed by atoms with Crippen LogP contribution in [0.3, 0.4) is 0 Å². The van der Waals surface area contributed by atoms with Gasteiger partial charge in [-0.2, -0.15) is 0 Å². The van der Waals surface area contributed by atoms with Crippen molar-refractivity contribution < 1.29 is 9.66 Å². The molecule has 0 aliphatic heterocycles. The molecule has 1 aliphatic carbocycles. The molecule has 1 aliphatic rings. The fourth-order valence-corrected chi connectivity index (χ4v) is 3.27. The molecule has 2 unspecified atom stereocenters. The second-order valence-corrected chi connectivity index (χ2v) is 5.71. The molecule has 1 fully saturated rings. The maximum Gasteiger partial charge on any atom is 0.273 e. The number of rotatable bonds is 6. The normalized spacial score (nSPS) is 22.0. The number of ether oxygens (including phenoxy) is 1. The van der Waals surface area contributed by atoms with E-state index in [1.165, 1.54) is 31.7 Å². The van der Waals surface area contributed by atoms with Crippen molar-refractivity contribution in [3.8, 4) is 5.75 Å². The van der Waals surface area contributed by atoms with E-state index in [4.69, 9.17) is 4.74 Å². The Morgan fingerprint density at radius 1 is 1.33 bits per heavy atom. The highest BCUT2D eigenvalue weighted by Crippen LogP contribution is 2.30. The zero-order chi connectivity index (χ0) is 15.2. The molecule has 1 aromatic carbocycles. The van der Waals surface area contributed by atoms with E-state index >= 15 is 0 Å². The number of benzene rings is 1. The first-order chi connectivity index (χ1) is 10.1. The lowest BCUT2D eigenvalue weighted by Crippen LogP contribution is -2.39. The van der Waals surface area contributed by atoms with Crippen LogP contribution in [0, 0.1) is 16.0 Å². The molecule has 1 aromatic rings.